The van der Waals surface area contributed by atoms with Crippen LogP contribution >= 0.6 is 0 Å². The summed E-state index contributed by atoms with van der Waals surface area (Å²) in [4.78, 5) is 0. The Hall–Kier alpha value is -1.24. The van der Waals surface area contributed by atoms with Crippen LogP contribution in [0.3, 0.4) is 0 Å². The van der Waals surface area contributed by atoms with Crippen molar-refractivity contribution in [2.24, 2.45) is 5.92 Å². The molecule has 0 bridgehead atoms. The average Bonchev–Trinajstić information content (AvgIpc) is 2.49. The fraction of sp³-hybridized carbons (Fsp3) is 0.273. The van der Waals surface area contributed by atoms with E-state index in [-0.39, 0.29) is 0 Å². The first-order valence-corrected chi connectivity index (χ1v) is 4.31. The molecule has 0 aromatic heterocycles. The van der Waals surface area contributed by atoms with Gasteiger partial charge in [-0.1, -0.05) is 31.2 Å². The second kappa shape index (κ2) is 2.67. The van der Waals surface area contributed by atoms with Gasteiger partial charge in [0.05, 0.1) is 0 Å². The molecule has 1 heteroatoms. The molecule has 0 saturated heterocycles. The van der Waals surface area contributed by atoms with E-state index in [0.29, 0.717) is 11.7 Å². The van der Waals surface area contributed by atoms with Crippen LogP contribution in [-0.2, 0) is 0 Å². The van der Waals surface area contributed by atoms with Gasteiger partial charge in [0.25, 0.3) is 0 Å². The van der Waals surface area contributed by atoms with Crippen LogP contribution in [0.25, 0.3) is 0 Å². The second-order valence-corrected chi connectivity index (χ2v) is 3.15. The molecule has 1 nitrogen and oxygen atoms in total. The molecular formula is C11H12O. The summed E-state index contributed by atoms with van der Waals surface area (Å²) >= 11 is 0. The summed E-state index contributed by atoms with van der Waals surface area (Å²) in [6, 6.07) is 0. The van der Waals surface area contributed by atoms with Crippen molar-refractivity contribution in [2.45, 2.75) is 13.3 Å². The molecule has 0 spiro atoms. The van der Waals surface area contributed by atoms with Gasteiger partial charge in [0.2, 0.25) is 0 Å². The van der Waals surface area contributed by atoms with Crippen molar-refractivity contribution in [1.29, 1.82) is 0 Å². The van der Waals surface area contributed by atoms with Crippen LogP contribution in [-0.4, -0.2) is 5.11 Å². The molecule has 1 atom stereocenters. The molecular weight excluding hydrogens is 148 g/mol. The maximum absolute atomic E-state index is 9.54. The summed E-state index contributed by atoms with van der Waals surface area (Å²) in [5, 5.41) is 9.54. The van der Waals surface area contributed by atoms with E-state index in [0.717, 1.165) is 12.0 Å². The van der Waals surface area contributed by atoms with Crippen molar-refractivity contribution >= 4 is 0 Å². The first kappa shape index (κ1) is 7.41. The Labute approximate surface area is 72.4 Å². The minimum atomic E-state index is 0.413. The Morgan fingerprint density at radius 3 is 3.08 bits per heavy atom. The number of hydrogen-bond donors (Lipinski definition) is 1. The Bertz CT molecular complexity index is 316. The first-order valence-electron chi connectivity index (χ1n) is 4.31. The minimum Gasteiger partial charge on any atom is -0.508 e. The molecule has 0 heterocycles. The van der Waals surface area contributed by atoms with Gasteiger partial charge in [-0.25, -0.2) is 0 Å². The zero-order valence-corrected chi connectivity index (χ0v) is 7.12. The Balaban J connectivity index is 2.37. The lowest BCUT2D eigenvalue weighted by atomic mass is 9.91. The highest BCUT2D eigenvalue weighted by Crippen LogP contribution is 2.31. The highest BCUT2D eigenvalue weighted by atomic mass is 16.3. The number of aliphatic hydroxyl groups is 1. The van der Waals surface area contributed by atoms with Crippen molar-refractivity contribution in [1.82, 2.24) is 0 Å². The molecule has 0 saturated carbocycles. The molecule has 12 heavy (non-hydrogen) atoms. The summed E-state index contributed by atoms with van der Waals surface area (Å²) in [6.45, 7) is 2.06. The van der Waals surface area contributed by atoms with Crippen molar-refractivity contribution in [3.63, 3.8) is 0 Å². The third-order valence-electron chi connectivity index (χ3n) is 2.39. The zero-order valence-electron chi connectivity index (χ0n) is 7.12. The van der Waals surface area contributed by atoms with Crippen LogP contribution in [0.15, 0.2) is 47.3 Å². The van der Waals surface area contributed by atoms with Gasteiger partial charge in [0.1, 0.15) is 5.76 Å². The second-order valence-electron chi connectivity index (χ2n) is 3.15. The van der Waals surface area contributed by atoms with Crippen LogP contribution in [0.5, 0.6) is 0 Å². The summed E-state index contributed by atoms with van der Waals surface area (Å²) in [6.07, 6.45) is 11.1. The van der Waals surface area contributed by atoms with E-state index in [1.54, 1.807) is 0 Å². The SMILES string of the molecule is CCC1=CC2C=CC=C2C=C1O. The van der Waals surface area contributed by atoms with Crippen LogP contribution in [0.4, 0.5) is 0 Å². The van der Waals surface area contributed by atoms with E-state index in [1.807, 2.05) is 18.2 Å². The number of aliphatic hydroxyl groups excluding tert-OH is 1. The topological polar surface area (TPSA) is 20.2 Å². The van der Waals surface area contributed by atoms with Gasteiger partial charge in [0.15, 0.2) is 0 Å². The highest BCUT2D eigenvalue weighted by molar-refractivity contribution is 5.48. The van der Waals surface area contributed by atoms with E-state index >= 15 is 0 Å². The van der Waals surface area contributed by atoms with Crippen molar-refractivity contribution < 1.29 is 5.11 Å². The molecule has 62 valence electrons. The molecule has 2 rings (SSSR count). The third kappa shape index (κ3) is 1.02. The fourth-order valence-corrected chi connectivity index (χ4v) is 1.66. The largest absolute Gasteiger partial charge is 0.508 e. The van der Waals surface area contributed by atoms with Gasteiger partial charge in [-0.2, -0.15) is 0 Å². The predicted octanol–water partition coefficient (Wildman–Crippen LogP) is 2.89. The average molecular weight is 160 g/mol. The standard InChI is InChI=1S/C11H12O/c1-2-8-6-9-4-3-5-10(9)7-11(8)12/h3-7,9,12H,2H2,1H3. The number of fused-ring (bicyclic) bond motifs is 1. The summed E-state index contributed by atoms with van der Waals surface area (Å²) < 4.78 is 0. The molecule has 0 aromatic carbocycles. The van der Waals surface area contributed by atoms with E-state index in [1.165, 1.54) is 5.57 Å². The predicted molar refractivity (Wildman–Crippen MR) is 49.8 cm³/mol. The van der Waals surface area contributed by atoms with Crippen LogP contribution in [0, 0.1) is 5.92 Å². The lowest BCUT2D eigenvalue weighted by Gasteiger charge is -2.15. The van der Waals surface area contributed by atoms with Crippen LogP contribution < -0.4 is 0 Å². The molecule has 1 N–H and O–H groups in total. The molecule has 0 aromatic rings. The molecule has 2 aliphatic carbocycles. The number of hydrogen-bond acceptors (Lipinski definition) is 1. The summed E-state index contributed by atoms with van der Waals surface area (Å²) in [5.74, 6) is 0.847. The monoisotopic (exact) mass is 160 g/mol. The molecule has 0 fully saturated rings. The van der Waals surface area contributed by atoms with E-state index in [9.17, 15) is 5.11 Å². The molecule has 2 aliphatic rings. The van der Waals surface area contributed by atoms with Gasteiger partial charge < -0.3 is 5.11 Å². The maximum Gasteiger partial charge on any atom is 0.118 e. The van der Waals surface area contributed by atoms with Gasteiger partial charge in [-0.05, 0) is 23.6 Å². The van der Waals surface area contributed by atoms with E-state index in [2.05, 4.69) is 19.1 Å². The van der Waals surface area contributed by atoms with Crippen LogP contribution in [0.1, 0.15) is 13.3 Å². The van der Waals surface area contributed by atoms with E-state index in [4.69, 9.17) is 0 Å². The minimum absolute atomic E-state index is 0.413. The number of rotatable bonds is 1. The maximum atomic E-state index is 9.54. The van der Waals surface area contributed by atoms with Gasteiger partial charge in [-0.15, -0.1) is 0 Å². The van der Waals surface area contributed by atoms with Crippen molar-refractivity contribution in [3.05, 3.63) is 47.3 Å². The fourth-order valence-electron chi connectivity index (χ4n) is 1.66. The first-order chi connectivity index (χ1) is 5.81. The Morgan fingerprint density at radius 2 is 2.33 bits per heavy atom. The molecule has 0 aliphatic heterocycles. The Kier molecular flexibility index (Phi) is 1.65. The van der Waals surface area contributed by atoms with Crippen molar-refractivity contribution in [3.8, 4) is 0 Å². The van der Waals surface area contributed by atoms with Gasteiger partial charge in [-0.3, -0.25) is 0 Å². The lowest BCUT2D eigenvalue weighted by molar-refractivity contribution is 0.416. The zero-order chi connectivity index (χ0) is 8.55. The van der Waals surface area contributed by atoms with Gasteiger partial charge >= 0.3 is 0 Å². The summed E-state index contributed by atoms with van der Waals surface area (Å²) in [7, 11) is 0. The highest BCUT2D eigenvalue weighted by Gasteiger charge is 2.17. The van der Waals surface area contributed by atoms with E-state index < -0.39 is 0 Å². The molecule has 1 unspecified atom stereocenters. The lowest BCUT2D eigenvalue weighted by Crippen LogP contribution is -2.02. The summed E-state index contributed by atoms with van der Waals surface area (Å²) in [5.41, 5.74) is 2.26. The number of allylic oxidation sites excluding steroid dienone is 7. The van der Waals surface area contributed by atoms with Crippen LogP contribution in [0.2, 0.25) is 0 Å². The third-order valence-corrected chi connectivity index (χ3v) is 2.39. The normalized spacial score (nSPS) is 26.1. The molecule has 0 amide bonds. The van der Waals surface area contributed by atoms with Crippen molar-refractivity contribution in [2.75, 3.05) is 0 Å². The quantitative estimate of drug-likeness (QED) is 0.625. The molecule has 0 radical (unpaired) electrons. The smallest absolute Gasteiger partial charge is 0.118 e. The Morgan fingerprint density at radius 1 is 1.50 bits per heavy atom. The van der Waals surface area contributed by atoms with Gasteiger partial charge in [0, 0.05) is 5.92 Å².